The number of hydrogen-bond acceptors (Lipinski definition) is 8. The lowest BCUT2D eigenvalue weighted by Crippen LogP contribution is -2.57. The Kier molecular flexibility index (Phi) is 14.7. The lowest BCUT2D eigenvalue weighted by atomic mass is 10.0. The molecule has 0 fully saturated rings. The minimum Gasteiger partial charge on any atom is -0.377 e. The van der Waals surface area contributed by atoms with Gasteiger partial charge in [0.15, 0.2) is 0 Å². The predicted octanol–water partition coefficient (Wildman–Crippen LogP) is 4.11. The maximum Gasteiger partial charge on any atom is 0.251 e. The molecular weight excluding hydrogens is 705 g/mol. The SMILES string of the molecule is CCNC(=O)[C@@H](NC(O)[C@H](C)NC[C@H](Cc1ccccc1)NC(=O)c1cc(C(=O)N[C@H](C)c2ccc3ccccc3c2)cc(N(C)S(C)(=O)=O)c1)C(C)C. The van der Waals surface area contributed by atoms with Gasteiger partial charge in [-0.3, -0.25) is 24.0 Å². The molecule has 54 heavy (non-hydrogen) atoms. The largest absolute Gasteiger partial charge is 0.377 e. The highest BCUT2D eigenvalue weighted by Crippen LogP contribution is 2.24. The van der Waals surface area contributed by atoms with Crippen LogP contribution >= 0.6 is 0 Å². The van der Waals surface area contributed by atoms with Crippen molar-refractivity contribution in [2.45, 2.75) is 71.4 Å². The molecule has 0 heterocycles. The van der Waals surface area contributed by atoms with Gasteiger partial charge in [0.2, 0.25) is 15.9 Å². The number of anilines is 1. The Hall–Kier alpha value is -4.82. The molecule has 0 radical (unpaired) electrons. The monoisotopic (exact) mass is 758 g/mol. The van der Waals surface area contributed by atoms with Crippen LogP contribution in [0.1, 0.15) is 72.5 Å². The van der Waals surface area contributed by atoms with Gasteiger partial charge in [-0.25, -0.2) is 8.42 Å². The highest BCUT2D eigenvalue weighted by molar-refractivity contribution is 7.92. The Morgan fingerprint density at radius 2 is 1.41 bits per heavy atom. The molecule has 0 saturated carbocycles. The number of carbonyl (C=O) groups excluding carboxylic acids is 3. The molecule has 3 amide bonds. The summed E-state index contributed by atoms with van der Waals surface area (Å²) in [5.74, 6) is -1.26. The average Bonchev–Trinajstić information content (AvgIpc) is 3.14. The molecule has 0 bridgehead atoms. The number of sulfonamides is 1. The number of aliphatic hydroxyl groups is 1. The van der Waals surface area contributed by atoms with E-state index < -0.39 is 46.2 Å². The van der Waals surface area contributed by atoms with E-state index in [1.807, 2.05) is 100 Å². The first kappa shape index (κ1) is 41.9. The maximum atomic E-state index is 14.0. The topological polar surface area (TPSA) is 169 Å². The van der Waals surface area contributed by atoms with Crippen LogP contribution in [0.15, 0.2) is 91.0 Å². The second-order valence-corrected chi connectivity index (χ2v) is 16.1. The third-order valence-electron chi connectivity index (χ3n) is 9.39. The highest BCUT2D eigenvalue weighted by atomic mass is 32.2. The van der Waals surface area contributed by atoms with Gasteiger partial charge in [0.1, 0.15) is 6.23 Å². The van der Waals surface area contributed by atoms with E-state index >= 15 is 0 Å². The van der Waals surface area contributed by atoms with Crippen LogP contribution in [0, 0.1) is 5.92 Å². The summed E-state index contributed by atoms with van der Waals surface area (Å²) in [6, 6.07) is 25.8. The first-order valence-electron chi connectivity index (χ1n) is 18.3. The highest BCUT2D eigenvalue weighted by Gasteiger charge is 2.27. The molecule has 13 heteroatoms. The van der Waals surface area contributed by atoms with Crippen LogP contribution in [0.3, 0.4) is 0 Å². The quantitative estimate of drug-likeness (QED) is 0.0825. The summed E-state index contributed by atoms with van der Waals surface area (Å²) in [6.45, 7) is 9.98. The zero-order valence-electron chi connectivity index (χ0n) is 32.1. The summed E-state index contributed by atoms with van der Waals surface area (Å²) >= 11 is 0. The van der Waals surface area contributed by atoms with Crippen molar-refractivity contribution >= 4 is 44.2 Å². The summed E-state index contributed by atoms with van der Waals surface area (Å²) < 4.78 is 26.2. The van der Waals surface area contributed by atoms with Crippen LogP contribution in [-0.2, 0) is 21.2 Å². The predicted molar refractivity (Wildman–Crippen MR) is 215 cm³/mol. The number of fused-ring (bicyclic) bond motifs is 1. The van der Waals surface area contributed by atoms with Crippen LogP contribution in [0.25, 0.3) is 10.8 Å². The van der Waals surface area contributed by atoms with E-state index in [2.05, 4.69) is 26.6 Å². The number of nitrogens with one attached hydrogen (secondary N) is 5. The van der Waals surface area contributed by atoms with Crippen molar-refractivity contribution in [1.82, 2.24) is 26.6 Å². The third kappa shape index (κ3) is 11.6. The molecule has 0 aliphatic rings. The number of carbonyl (C=O) groups is 3. The van der Waals surface area contributed by atoms with Gasteiger partial charge < -0.3 is 26.4 Å². The van der Waals surface area contributed by atoms with E-state index in [0.717, 1.165) is 32.5 Å². The van der Waals surface area contributed by atoms with Crippen molar-refractivity contribution in [3.63, 3.8) is 0 Å². The number of nitrogens with zero attached hydrogens (tertiary/aromatic N) is 1. The lowest BCUT2D eigenvalue weighted by molar-refractivity contribution is -0.125. The molecule has 0 aliphatic heterocycles. The normalized spacial score (nSPS) is 14.5. The van der Waals surface area contributed by atoms with Crippen LogP contribution in [0.4, 0.5) is 5.69 Å². The van der Waals surface area contributed by atoms with Crippen molar-refractivity contribution in [3.8, 4) is 0 Å². The average molecular weight is 759 g/mol. The summed E-state index contributed by atoms with van der Waals surface area (Å²) in [4.78, 5) is 40.3. The zero-order chi connectivity index (χ0) is 39.6. The molecule has 4 aromatic rings. The minimum absolute atomic E-state index is 0.0742. The first-order chi connectivity index (χ1) is 25.6. The summed E-state index contributed by atoms with van der Waals surface area (Å²) in [6.07, 6.45) is 0.407. The van der Waals surface area contributed by atoms with E-state index in [-0.39, 0.29) is 41.2 Å². The summed E-state index contributed by atoms with van der Waals surface area (Å²) in [5.41, 5.74) is 2.22. The number of hydrogen-bond donors (Lipinski definition) is 6. The molecular formula is C41H54N6O6S. The van der Waals surface area contributed by atoms with E-state index in [1.165, 1.54) is 25.2 Å². The Morgan fingerprint density at radius 3 is 2.02 bits per heavy atom. The van der Waals surface area contributed by atoms with Crippen LogP contribution < -0.4 is 30.9 Å². The summed E-state index contributed by atoms with van der Waals surface area (Å²) in [5, 5.41) is 28.3. The molecule has 4 rings (SSSR count). The van der Waals surface area contributed by atoms with Gasteiger partial charge in [-0.05, 0) is 79.3 Å². The van der Waals surface area contributed by atoms with Crippen molar-refractivity contribution in [2.75, 3.05) is 30.7 Å². The molecule has 290 valence electrons. The fourth-order valence-corrected chi connectivity index (χ4v) is 6.54. The molecule has 0 spiro atoms. The first-order valence-corrected chi connectivity index (χ1v) is 20.1. The molecule has 4 aromatic carbocycles. The molecule has 0 saturated heterocycles. The Balaban J connectivity index is 1.57. The van der Waals surface area contributed by atoms with Crippen molar-refractivity contribution in [3.05, 3.63) is 113 Å². The van der Waals surface area contributed by atoms with Gasteiger partial charge in [-0.15, -0.1) is 0 Å². The van der Waals surface area contributed by atoms with Gasteiger partial charge in [0, 0.05) is 43.3 Å². The van der Waals surface area contributed by atoms with Crippen LogP contribution in [0.2, 0.25) is 0 Å². The number of likely N-dealkylation sites (N-methyl/N-ethyl adjacent to an activating group) is 1. The Bertz CT molecular complexity index is 2010. The van der Waals surface area contributed by atoms with E-state index in [1.54, 1.807) is 6.92 Å². The van der Waals surface area contributed by atoms with Crippen LogP contribution in [-0.4, -0.2) is 82.0 Å². The molecule has 6 N–H and O–H groups in total. The van der Waals surface area contributed by atoms with Gasteiger partial charge in [0.05, 0.1) is 24.0 Å². The number of aliphatic hydroxyl groups excluding tert-OH is 1. The van der Waals surface area contributed by atoms with Crippen molar-refractivity contribution in [2.24, 2.45) is 5.92 Å². The second-order valence-electron chi connectivity index (χ2n) is 14.1. The fraction of sp³-hybridized carbons (Fsp3) is 0.390. The third-order valence-corrected chi connectivity index (χ3v) is 10.6. The molecule has 12 nitrogen and oxygen atoms in total. The number of rotatable bonds is 18. The summed E-state index contributed by atoms with van der Waals surface area (Å²) in [7, 11) is -2.37. The Morgan fingerprint density at radius 1 is 0.796 bits per heavy atom. The van der Waals surface area contributed by atoms with Crippen LogP contribution in [0.5, 0.6) is 0 Å². The Labute approximate surface area is 319 Å². The fourth-order valence-electron chi connectivity index (χ4n) is 6.05. The van der Waals surface area contributed by atoms with Gasteiger partial charge >= 0.3 is 0 Å². The standard InChI is InChI=1S/C41H54N6O6S/c1-8-42-41(51)37(26(2)3)46-38(48)28(5)43-25-35(20-29-14-10-9-11-15-29)45-40(50)34-22-33(23-36(24-34)47(6)54(7,52)53)39(49)44-27(4)31-19-18-30-16-12-13-17-32(30)21-31/h9-19,21-24,26-28,35,37-38,43,46,48H,8,20,25H2,1-7H3,(H,42,51)(H,44,49)(H,45,50)/t27-,28+,35+,37+,38?/m1/s1. The molecule has 0 aromatic heterocycles. The van der Waals surface area contributed by atoms with Gasteiger partial charge in [0.25, 0.3) is 11.8 Å². The second kappa shape index (κ2) is 19.0. The molecule has 0 aliphatic carbocycles. The lowest BCUT2D eigenvalue weighted by Gasteiger charge is -2.29. The van der Waals surface area contributed by atoms with Gasteiger partial charge in [-0.1, -0.05) is 80.6 Å². The maximum absolute atomic E-state index is 14.0. The molecule has 5 atom stereocenters. The van der Waals surface area contributed by atoms with E-state index in [9.17, 15) is 27.9 Å². The zero-order valence-corrected chi connectivity index (χ0v) is 32.9. The van der Waals surface area contributed by atoms with E-state index in [0.29, 0.717) is 13.0 Å². The van der Waals surface area contributed by atoms with Crippen molar-refractivity contribution < 1.29 is 27.9 Å². The number of amides is 3. The van der Waals surface area contributed by atoms with E-state index in [4.69, 9.17) is 0 Å². The van der Waals surface area contributed by atoms with Gasteiger partial charge in [-0.2, -0.15) is 0 Å². The number of benzene rings is 4. The molecule has 1 unspecified atom stereocenters. The smallest absolute Gasteiger partial charge is 0.251 e. The van der Waals surface area contributed by atoms with Crippen molar-refractivity contribution in [1.29, 1.82) is 0 Å². The minimum atomic E-state index is -3.74.